The molecule has 25 heavy (non-hydrogen) atoms. The minimum Gasteiger partial charge on any atom is -0.507 e. The van der Waals surface area contributed by atoms with Gasteiger partial charge in [-0.05, 0) is 34.6 Å². The molecule has 0 spiro atoms. The van der Waals surface area contributed by atoms with Crippen molar-refractivity contribution in [3.8, 4) is 5.75 Å². The number of nitrogens with two attached hydrogens (primary N) is 1. The predicted octanol–water partition coefficient (Wildman–Crippen LogP) is 3.82. The van der Waals surface area contributed by atoms with Crippen LogP contribution in [0.25, 0.3) is 6.08 Å². The van der Waals surface area contributed by atoms with Crippen LogP contribution in [0.15, 0.2) is 17.0 Å². The molecule has 1 saturated heterocycles. The minimum atomic E-state index is -0.184. The van der Waals surface area contributed by atoms with Gasteiger partial charge in [-0.3, -0.25) is 4.79 Å². The van der Waals surface area contributed by atoms with E-state index in [-0.39, 0.29) is 16.7 Å². The smallest absolute Gasteiger partial charge is 0.261 e. The van der Waals surface area contributed by atoms with Crippen LogP contribution in [-0.2, 0) is 15.6 Å². The molecule has 0 bridgehead atoms. The highest BCUT2D eigenvalue weighted by Crippen LogP contribution is 2.41. The zero-order valence-electron chi connectivity index (χ0n) is 16.1. The lowest BCUT2D eigenvalue weighted by Crippen LogP contribution is -2.30. The summed E-state index contributed by atoms with van der Waals surface area (Å²) < 4.78 is 0. The number of nitrogens with zero attached hydrogens (tertiary/aromatic N) is 1. The maximum atomic E-state index is 12.5. The minimum absolute atomic E-state index is 0.0399. The van der Waals surface area contributed by atoms with Gasteiger partial charge in [-0.2, -0.15) is 0 Å². The Morgan fingerprint density at radius 3 is 2.12 bits per heavy atom. The van der Waals surface area contributed by atoms with Crippen molar-refractivity contribution in [1.82, 2.24) is 4.90 Å². The first-order valence-corrected chi connectivity index (χ1v) is 9.65. The highest BCUT2D eigenvalue weighted by atomic mass is 32.2. The van der Waals surface area contributed by atoms with E-state index in [1.165, 1.54) is 0 Å². The molecule has 0 unspecified atom stereocenters. The molecular weight excluding hydrogens is 332 g/mol. The van der Waals surface area contributed by atoms with Gasteiger partial charge >= 0.3 is 0 Å². The molecule has 2 rings (SSSR count). The summed E-state index contributed by atoms with van der Waals surface area (Å²) in [6.45, 7) is 13.6. The summed E-state index contributed by atoms with van der Waals surface area (Å²) >= 11 is 1.54. The molecule has 4 nitrogen and oxygen atoms in total. The van der Waals surface area contributed by atoms with Gasteiger partial charge in [0.05, 0.1) is 10.8 Å². The van der Waals surface area contributed by atoms with Crippen molar-refractivity contribution in [3.05, 3.63) is 33.7 Å². The van der Waals surface area contributed by atoms with Crippen molar-refractivity contribution >= 4 is 23.7 Å². The average Bonchev–Trinajstić information content (AvgIpc) is 2.80. The molecule has 3 N–H and O–H groups in total. The number of phenols is 1. The number of amides is 1. The lowest BCUT2D eigenvalue weighted by Gasteiger charge is -2.28. The summed E-state index contributed by atoms with van der Waals surface area (Å²) in [6.07, 6.45) is 1.94. The molecule has 0 atom stereocenters. The van der Waals surface area contributed by atoms with Crippen LogP contribution in [0.5, 0.6) is 5.75 Å². The van der Waals surface area contributed by atoms with Crippen LogP contribution in [-0.4, -0.2) is 34.9 Å². The number of carbonyl (C=O) groups is 1. The van der Waals surface area contributed by atoms with E-state index in [9.17, 15) is 9.90 Å². The lowest BCUT2D eigenvalue weighted by molar-refractivity contribution is -0.124. The van der Waals surface area contributed by atoms with Gasteiger partial charge in [0.2, 0.25) is 0 Å². The van der Waals surface area contributed by atoms with Crippen LogP contribution in [0.3, 0.4) is 0 Å². The lowest BCUT2D eigenvalue weighted by atomic mass is 9.78. The molecule has 1 heterocycles. The van der Waals surface area contributed by atoms with E-state index in [0.29, 0.717) is 24.7 Å². The van der Waals surface area contributed by atoms with Crippen molar-refractivity contribution < 1.29 is 9.90 Å². The van der Waals surface area contributed by atoms with Crippen LogP contribution in [0.2, 0.25) is 0 Å². The molecule has 0 saturated carbocycles. The third-order valence-corrected chi connectivity index (χ3v) is 5.36. The van der Waals surface area contributed by atoms with Crippen LogP contribution in [0.1, 0.15) is 58.2 Å². The first-order chi connectivity index (χ1) is 11.4. The predicted molar refractivity (Wildman–Crippen MR) is 107 cm³/mol. The number of aromatic hydroxyl groups is 1. The van der Waals surface area contributed by atoms with Gasteiger partial charge in [0, 0.05) is 24.2 Å². The van der Waals surface area contributed by atoms with Crippen LogP contribution >= 0.6 is 11.8 Å². The highest BCUT2D eigenvalue weighted by Gasteiger charge is 2.28. The highest BCUT2D eigenvalue weighted by molar-refractivity contribution is 8.04. The number of carbonyl (C=O) groups excluding carboxylic acids is 1. The standard InChI is InChI=1S/C20H30N2O2S/c1-19(2,3)14-9-13(10-15(17(14)23)20(4,5)6)11-16-18(24)22(8-7-21)12-25-16/h9-11,23H,7-8,12,21H2,1-6H3. The first-order valence-electron chi connectivity index (χ1n) is 8.67. The Hall–Kier alpha value is -1.46. The molecule has 0 radical (unpaired) electrons. The van der Waals surface area contributed by atoms with Crippen LogP contribution < -0.4 is 5.73 Å². The SMILES string of the molecule is CC(C)(C)c1cc(C=C2SCN(CCN)C2=O)cc(C(C)(C)C)c1O. The molecule has 5 heteroatoms. The topological polar surface area (TPSA) is 66.6 Å². The quantitative estimate of drug-likeness (QED) is 0.802. The van der Waals surface area contributed by atoms with E-state index in [2.05, 4.69) is 41.5 Å². The Labute approximate surface area is 155 Å². The third kappa shape index (κ3) is 4.39. The molecule has 1 aliphatic heterocycles. The van der Waals surface area contributed by atoms with Gasteiger partial charge in [-0.15, -0.1) is 0 Å². The van der Waals surface area contributed by atoms with Crippen molar-refractivity contribution in [2.24, 2.45) is 5.73 Å². The fraction of sp³-hybridized carbons (Fsp3) is 0.550. The fourth-order valence-corrected chi connectivity index (χ4v) is 3.90. The monoisotopic (exact) mass is 362 g/mol. The molecule has 0 aromatic heterocycles. The van der Waals surface area contributed by atoms with Crippen LogP contribution in [0.4, 0.5) is 0 Å². The fourth-order valence-electron chi connectivity index (χ4n) is 2.88. The largest absolute Gasteiger partial charge is 0.507 e. The van der Waals surface area contributed by atoms with Gasteiger partial charge in [0.1, 0.15) is 5.75 Å². The van der Waals surface area contributed by atoms with Crippen molar-refractivity contribution in [2.45, 2.75) is 52.4 Å². The Kier molecular flexibility index (Phi) is 5.59. The van der Waals surface area contributed by atoms with E-state index in [1.54, 1.807) is 16.7 Å². The number of rotatable bonds is 3. The first kappa shape index (κ1) is 19.9. The number of benzene rings is 1. The molecule has 1 amide bonds. The summed E-state index contributed by atoms with van der Waals surface area (Å²) in [4.78, 5) is 15.0. The number of hydrogen-bond acceptors (Lipinski definition) is 4. The van der Waals surface area contributed by atoms with E-state index >= 15 is 0 Å². The second-order valence-electron chi connectivity index (χ2n) is 8.60. The van der Waals surface area contributed by atoms with Gasteiger partial charge in [0.25, 0.3) is 5.91 Å². The maximum Gasteiger partial charge on any atom is 0.261 e. The summed E-state index contributed by atoms with van der Waals surface area (Å²) in [5.41, 5.74) is 7.97. The van der Waals surface area contributed by atoms with E-state index < -0.39 is 0 Å². The number of phenolic OH excluding ortho intramolecular Hbond substituents is 1. The van der Waals surface area contributed by atoms with Crippen molar-refractivity contribution in [1.29, 1.82) is 0 Å². The van der Waals surface area contributed by atoms with Gasteiger partial charge in [0.15, 0.2) is 0 Å². The number of hydrogen-bond donors (Lipinski definition) is 2. The molecule has 1 fully saturated rings. The van der Waals surface area contributed by atoms with Gasteiger partial charge in [-0.25, -0.2) is 0 Å². The van der Waals surface area contributed by atoms with E-state index in [4.69, 9.17) is 5.73 Å². The molecular formula is C20H30N2O2S. The van der Waals surface area contributed by atoms with Gasteiger partial charge in [-0.1, -0.05) is 53.3 Å². The summed E-state index contributed by atoms with van der Waals surface area (Å²) in [5.74, 6) is 1.05. The molecule has 1 aromatic rings. The second kappa shape index (κ2) is 7.04. The van der Waals surface area contributed by atoms with E-state index in [1.807, 2.05) is 18.2 Å². The zero-order valence-corrected chi connectivity index (χ0v) is 17.0. The molecule has 138 valence electrons. The summed E-state index contributed by atoms with van der Waals surface area (Å²) in [6, 6.07) is 3.99. The van der Waals surface area contributed by atoms with E-state index in [0.717, 1.165) is 21.6 Å². The molecule has 1 aliphatic rings. The summed E-state index contributed by atoms with van der Waals surface area (Å²) in [5, 5.41) is 10.8. The normalized spacial score (nSPS) is 17.6. The Morgan fingerprint density at radius 1 is 1.16 bits per heavy atom. The maximum absolute atomic E-state index is 12.5. The Bertz CT molecular complexity index is 662. The zero-order chi connectivity index (χ0) is 19.0. The third-order valence-electron chi connectivity index (χ3n) is 4.32. The Balaban J connectivity index is 2.52. The Morgan fingerprint density at radius 2 is 1.68 bits per heavy atom. The average molecular weight is 363 g/mol. The van der Waals surface area contributed by atoms with Gasteiger partial charge < -0.3 is 15.7 Å². The summed E-state index contributed by atoms with van der Waals surface area (Å²) in [7, 11) is 0. The van der Waals surface area contributed by atoms with Crippen molar-refractivity contribution in [2.75, 3.05) is 19.0 Å². The second-order valence-corrected chi connectivity index (χ2v) is 9.59. The van der Waals surface area contributed by atoms with Crippen LogP contribution in [0, 0.1) is 0 Å². The molecule has 1 aromatic carbocycles. The van der Waals surface area contributed by atoms with Crippen molar-refractivity contribution in [3.63, 3.8) is 0 Å². The molecule has 0 aliphatic carbocycles. The number of thioether (sulfide) groups is 1.